The van der Waals surface area contributed by atoms with Crippen molar-refractivity contribution >= 4 is 5.69 Å². The Labute approximate surface area is 106 Å². The number of benzene rings is 1. The van der Waals surface area contributed by atoms with Gasteiger partial charge in [-0.15, -0.1) is 0 Å². The maximum atomic E-state index is 3.47. The quantitative estimate of drug-likeness (QED) is 0.776. The van der Waals surface area contributed by atoms with Crippen LogP contribution in [0.15, 0.2) is 24.3 Å². The summed E-state index contributed by atoms with van der Waals surface area (Å²) in [5.74, 6) is 0. The SMILES string of the molecule is CCC(C)N(CC)CCNc1ccc(C)cc1. The highest BCUT2D eigenvalue weighted by Gasteiger charge is 2.08. The molecule has 1 rings (SSSR count). The van der Waals surface area contributed by atoms with Crippen molar-refractivity contribution in [2.45, 2.75) is 40.2 Å². The molecule has 0 bridgehead atoms. The number of nitrogens with one attached hydrogen (secondary N) is 1. The predicted octanol–water partition coefficient (Wildman–Crippen LogP) is 3.53. The van der Waals surface area contributed by atoms with Crippen LogP contribution < -0.4 is 5.32 Å². The van der Waals surface area contributed by atoms with E-state index in [4.69, 9.17) is 0 Å². The molecular formula is C15H26N2. The Bertz CT molecular complexity index is 305. The molecule has 0 aliphatic carbocycles. The van der Waals surface area contributed by atoms with Gasteiger partial charge in [-0.1, -0.05) is 31.5 Å². The Balaban J connectivity index is 2.33. The summed E-state index contributed by atoms with van der Waals surface area (Å²) < 4.78 is 0. The number of likely N-dealkylation sites (N-methyl/N-ethyl adjacent to an activating group) is 1. The molecule has 2 nitrogen and oxygen atoms in total. The Morgan fingerprint density at radius 3 is 2.35 bits per heavy atom. The van der Waals surface area contributed by atoms with Crippen molar-refractivity contribution < 1.29 is 0 Å². The Kier molecular flexibility index (Phi) is 6.06. The van der Waals surface area contributed by atoms with Gasteiger partial charge in [0.05, 0.1) is 0 Å². The highest BCUT2D eigenvalue weighted by Crippen LogP contribution is 2.08. The molecular weight excluding hydrogens is 208 g/mol. The first-order valence-electron chi connectivity index (χ1n) is 6.72. The van der Waals surface area contributed by atoms with E-state index >= 15 is 0 Å². The summed E-state index contributed by atoms with van der Waals surface area (Å²) >= 11 is 0. The van der Waals surface area contributed by atoms with Gasteiger partial charge in [0.15, 0.2) is 0 Å². The van der Waals surface area contributed by atoms with Gasteiger partial charge in [-0.3, -0.25) is 4.90 Å². The van der Waals surface area contributed by atoms with Crippen LogP contribution in [0.5, 0.6) is 0 Å². The zero-order valence-electron chi connectivity index (χ0n) is 11.7. The highest BCUT2D eigenvalue weighted by atomic mass is 15.2. The van der Waals surface area contributed by atoms with E-state index in [0.717, 1.165) is 19.6 Å². The minimum Gasteiger partial charge on any atom is -0.384 e. The molecule has 0 heterocycles. The average Bonchev–Trinajstić information content (AvgIpc) is 2.36. The molecule has 0 spiro atoms. The molecule has 1 aromatic rings. The molecule has 2 heteroatoms. The Hall–Kier alpha value is -1.02. The van der Waals surface area contributed by atoms with E-state index in [1.165, 1.54) is 17.7 Å². The molecule has 1 unspecified atom stereocenters. The molecule has 0 aromatic heterocycles. The molecule has 0 amide bonds. The van der Waals surface area contributed by atoms with Crippen LogP contribution in [0.4, 0.5) is 5.69 Å². The number of anilines is 1. The largest absolute Gasteiger partial charge is 0.384 e. The topological polar surface area (TPSA) is 15.3 Å². The van der Waals surface area contributed by atoms with E-state index < -0.39 is 0 Å². The smallest absolute Gasteiger partial charge is 0.0340 e. The summed E-state index contributed by atoms with van der Waals surface area (Å²) in [6.07, 6.45) is 1.22. The highest BCUT2D eigenvalue weighted by molar-refractivity contribution is 5.44. The van der Waals surface area contributed by atoms with Crippen molar-refractivity contribution in [2.24, 2.45) is 0 Å². The second-order valence-electron chi connectivity index (χ2n) is 4.68. The lowest BCUT2D eigenvalue weighted by Crippen LogP contribution is -2.36. The van der Waals surface area contributed by atoms with Crippen LogP contribution in [0.1, 0.15) is 32.8 Å². The zero-order valence-corrected chi connectivity index (χ0v) is 11.7. The molecule has 1 atom stereocenters. The van der Waals surface area contributed by atoms with Crippen LogP contribution in [0.2, 0.25) is 0 Å². The van der Waals surface area contributed by atoms with Crippen LogP contribution in [0.25, 0.3) is 0 Å². The molecule has 0 fully saturated rings. The fourth-order valence-electron chi connectivity index (χ4n) is 1.96. The summed E-state index contributed by atoms with van der Waals surface area (Å²) in [4.78, 5) is 2.52. The van der Waals surface area contributed by atoms with Crippen LogP contribution in [0.3, 0.4) is 0 Å². The maximum Gasteiger partial charge on any atom is 0.0340 e. The maximum absolute atomic E-state index is 3.47. The lowest BCUT2D eigenvalue weighted by atomic mass is 10.2. The van der Waals surface area contributed by atoms with Gasteiger partial charge in [-0.05, 0) is 38.9 Å². The number of hydrogen-bond donors (Lipinski definition) is 1. The van der Waals surface area contributed by atoms with Gasteiger partial charge in [0, 0.05) is 24.8 Å². The fourth-order valence-corrected chi connectivity index (χ4v) is 1.96. The predicted molar refractivity (Wildman–Crippen MR) is 76.7 cm³/mol. The van der Waals surface area contributed by atoms with Gasteiger partial charge >= 0.3 is 0 Å². The summed E-state index contributed by atoms with van der Waals surface area (Å²) in [7, 11) is 0. The average molecular weight is 234 g/mol. The van der Waals surface area contributed by atoms with E-state index in [1.807, 2.05) is 0 Å². The first-order chi connectivity index (χ1) is 8.17. The van der Waals surface area contributed by atoms with Gasteiger partial charge in [0.25, 0.3) is 0 Å². The molecule has 0 aliphatic rings. The minimum absolute atomic E-state index is 0.680. The van der Waals surface area contributed by atoms with Crippen LogP contribution >= 0.6 is 0 Å². The molecule has 0 saturated heterocycles. The van der Waals surface area contributed by atoms with Crippen LogP contribution in [-0.4, -0.2) is 30.6 Å². The Morgan fingerprint density at radius 2 is 1.82 bits per heavy atom. The third-order valence-corrected chi connectivity index (χ3v) is 3.40. The standard InChI is InChI=1S/C15H26N2/c1-5-14(4)17(6-2)12-11-16-15-9-7-13(3)8-10-15/h7-10,14,16H,5-6,11-12H2,1-4H3. The van der Waals surface area contributed by atoms with Gasteiger partial charge in [-0.2, -0.15) is 0 Å². The van der Waals surface area contributed by atoms with Gasteiger partial charge in [-0.25, -0.2) is 0 Å². The molecule has 0 saturated carbocycles. The summed E-state index contributed by atoms with van der Waals surface area (Å²) in [5.41, 5.74) is 2.53. The lowest BCUT2D eigenvalue weighted by Gasteiger charge is -2.27. The van der Waals surface area contributed by atoms with Gasteiger partial charge in [0.1, 0.15) is 0 Å². The van der Waals surface area contributed by atoms with E-state index in [1.54, 1.807) is 0 Å². The minimum atomic E-state index is 0.680. The monoisotopic (exact) mass is 234 g/mol. The number of nitrogens with zero attached hydrogens (tertiary/aromatic N) is 1. The first-order valence-corrected chi connectivity index (χ1v) is 6.72. The van der Waals surface area contributed by atoms with E-state index in [2.05, 4.69) is 62.2 Å². The van der Waals surface area contributed by atoms with Gasteiger partial charge < -0.3 is 5.32 Å². The van der Waals surface area contributed by atoms with Crippen molar-refractivity contribution in [3.8, 4) is 0 Å². The van der Waals surface area contributed by atoms with Crippen LogP contribution in [0, 0.1) is 6.92 Å². The summed E-state index contributed by atoms with van der Waals surface area (Å²) in [6, 6.07) is 9.27. The molecule has 0 aliphatic heterocycles. The van der Waals surface area contributed by atoms with Crippen molar-refractivity contribution in [2.75, 3.05) is 25.0 Å². The van der Waals surface area contributed by atoms with Crippen LogP contribution in [-0.2, 0) is 0 Å². The number of hydrogen-bond acceptors (Lipinski definition) is 2. The third-order valence-electron chi connectivity index (χ3n) is 3.40. The van der Waals surface area contributed by atoms with Gasteiger partial charge in [0.2, 0.25) is 0 Å². The van der Waals surface area contributed by atoms with Crippen molar-refractivity contribution in [3.63, 3.8) is 0 Å². The number of rotatable bonds is 7. The third kappa shape index (κ3) is 4.78. The lowest BCUT2D eigenvalue weighted by molar-refractivity contribution is 0.223. The van der Waals surface area contributed by atoms with E-state index in [-0.39, 0.29) is 0 Å². The van der Waals surface area contributed by atoms with Crippen molar-refractivity contribution in [1.29, 1.82) is 0 Å². The molecule has 1 aromatic carbocycles. The second kappa shape index (κ2) is 7.33. The second-order valence-corrected chi connectivity index (χ2v) is 4.68. The first kappa shape index (κ1) is 14.0. The Morgan fingerprint density at radius 1 is 1.18 bits per heavy atom. The molecule has 0 radical (unpaired) electrons. The fraction of sp³-hybridized carbons (Fsp3) is 0.600. The van der Waals surface area contributed by atoms with E-state index in [9.17, 15) is 0 Å². The molecule has 96 valence electrons. The summed E-state index contributed by atoms with van der Waals surface area (Å²) in [5, 5.41) is 3.47. The zero-order chi connectivity index (χ0) is 12.7. The normalized spacial score (nSPS) is 12.8. The van der Waals surface area contributed by atoms with Crippen molar-refractivity contribution in [3.05, 3.63) is 29.8 Å². The number of aryl methyl sites for hydroxylation is 1. The summed E-state index contributed by atoms with van der Waals surface area (Å²) in [6.45, 7) is 12.2. The molecule has 1 N–H and O–H groups in total. The van der Waals surface area contributed by atoms with E-state index in [0.29, 0.717) is 6.04 Å². The van der Waals surface area contributed by atoms with Crippen molar-refractivity contribution in [1.82, 2.24) is 4.90 Å². The molecule has 17 heavy (non-hydrogen) atoms.